The van der Waals surface area contributed by atoms with Crippen molar-refractivity contribution >= 4 is 39.7 Å². The number of alkyl halides is 3. The lowest BCUT2D eigenvalue weighted by atomic mass is 9.95. The Balaban J connectivity index is 1.36. The van der Waals surface area contributed by atoms with E-state index in [4.69, 9.17) is 5.73 Å². The number of anilines is 1. The van der Waals surface area contributed by atoms with Crippen LogP contribution in [0.25, 0.3) is 21.8 Å². The van der Waals surface area contributed by atoms with Crippen LogP contribution in [-0.4, -0.2) is 43.5 Å². The number of pyridine rings is 2. The van der Waals surface area contributed by atoms with Crippen LogP contribution >= 0.6 is 0 Å². The Morgan fingerprint density at radius 1 is 1.21 bits per heavy atom. The second kappa shape index (κ2) is 6.85. The second-order valence-corrected chi connectivity index (χ2v) is 9.05. The van der Waals surface area contributed by atoms with E-state index in [2.05, 4.69) is 15.1 Å². The number of hydrogen-bond donors (Lipinski definition) is 1. The fraction of sp³-hybridized carbons (Fsp3) is 0.292. The first-order valence-electron chi connectivity index (χ1n) is 10.8. The Kier molecular flexibility index (Phi) is 4.18. The normalized spacial score (nSPS) is 21.7. The first-order valence-corrected chi connectivity index (χ1v) is 10.8. The number of nitrogens with zero attached hydrogens (tertiary/aromatic N) is 5. The highest BCUT2D eigenvalue weighted by Gasteiger charge is 2.53. The predicted molar refractivity (Wildman–Crippen MR) is 120 cm³/mol. The van der Waals surface area contributed by atoms with Crippen LogP contribution < -0.4 is 5.73 Å². The summed E-state index contributed by atoms with van der Waals surface area (Å²) in [7, 11) is 3.44. The SMILES string of the molecule is Cn1ncc2c(N)nc3cnc(C(=O)[N+](C)=CC4c5ccc(C(F)(F)F)cc5C5CC45)cc3c21. The molecule has 1 amide bonds. The number of carbonyl (C=O) groups is 1. The van der Waals surface area contributed by atoms with Crippen LogP contribution in [0.1, 0.15) is 45.4 Å². The van der Waals surface area contributed by atoms with Gasteiger partial charge in [0.05, 0.1) is 40.3 Å². The lowest BCUT2D eigenvalue weighted by Crippen LogP contribution is -2.22. The molecule has 7 nitrogen and oxygen atoms in total. The zero-order valence-electron chi connectivity index (χ0n) is 18.3. The number of halogens is 3. The minimum absolute atomic E-state index is 0.109. The Morgan fingerprint density at radius 2 is 2.00 bits per heavy atom. The average Bonchev–Trinajstić information content (AvgIpc) is 3.41. The van der Waals surface area contributed by atoms with Crippen molar-refractivity contribution in [2.75, 3.05) is 12.8 Å². The molecular weight excluding hydrogens is 445 g/mol. The molecule has 0 bridgehead atoms. The summed E-state index contributed by atoms with van der Waals surface area (Å²) in [6.07, 6.45) is 1.41. The Labute approximate surface area is 191 Å². The third-order valence-electron chi connectivity index (χ3n) is 6.99. The molecule has 3 unspecified atom stereocenters. The molecule has 2 aliphatic carbocycles. The van der Waals surface area contributed by atoms with Crippen LogP contribution in [0, 0.1) is 5.92 Å². The van der Waals surface area contributed by atoms with E-state index in [1.54, 1.807) is 43.3 Å². The number of nitrogens with two attached hydrogens (primary N) is 1. The van der Waals surface area contributed by atoms with E-state index in [1.165, 1.54) is 16.8 Å². The molecule has 2 aliphatic rings. The number of aromatic nitrogens is 4. The molecule has 3 atom stereocenters. The summed E-state index contributed by atoms with van der Waals surface area (Å²) < 4.78 is 42.6. The van der Waals surface area contributed by atoms with Gasteiger partial charge in [-0.3, -0.25) is 4.68 Å². The second-order valence-electron chi connectivity index (χ2n) is 9.05. The summed E-state index contributed by atoms with van der Waals surface area (Å²) in [6, 6.07) is 5.61. The molecule has 0 saturated heterocycles. The molecule has 1 fully saturated rings. The summed E-state index contributed by atoms with van der Waals surface area (Å²) in [5.74, 6) is 0.262. The zero-order valence-corrected chi connectivity index (χ0v) is 18.3. The summed E-state index contributed by atoms with van der Waals surface area (Å²) in [5, 5.41) is 5.65. The molecule has 1 aromatic carbocycles. The first kappa shape index (κ1) is 20.8. The van der Waals surface area contributed by atoms with Gasteiger partial charge in [-0.15, -0.1) is 0 Å². The van der Waals surface area contributed by atoms with Gasteiger partial charge in [0.15, 0.2) is 11.9 Å². The summed E-state index contributed by atoms with van der Waals surface area (Å²) in [4.78, 5) is 21.9. The fourth-order valence-electron chi connectivity index (χ4n) is 5.23. The van der Waals surface area contributed by atoms with E-state index in [-0.39, 0.29) is 29.4 Å². The van der Waals surface area contributed by atoms with Gasteiger partial charge in [-0.2, -0.15) is 22.8 Å². The number of hydrogen-bond acceptors (Lipinski definition) is 5. The van der Waals surface area contributed by atoms with Crippen molar-refractivity contribution < 1.29 is 22.5 Å². The van der Waals surface area contributed by atoms with E-state index in [1.807, 2.05) is 0 Å². The number of rotatable bonds is 2. The Bertz CT molecular complexity index is 1550. The fourth-order valence-corrected chi connectivity index (χ4v) is 5.23. The van der Waals surface area contributed by atoms with Crippen LogP contribution in [0.15, 0.2) is 36.7 Å². The molecule has 10 heteroatoms. The molecular formula is C24H20F3N6O+. The lowest BCUT2D eigenvalue weighted by Gasteiger charge is -2.12. The maximum absolute atomic E-state index is 13.2. The van der Waals surface area contributed by atoms with Crippen molar-refractivity contribution in [1.29, 1.82) is 0 Å². The maximum Gasteiger partial charge on any atom is 0.437 e. The van der Waals surface area contributed by atoms with Crippen molar-refractivity contribution in [3.05, 3.63) is 59.0 Å². The molecule has 1 saturated carbocycles. The summed E-state index contributed by atoms with van der Waals surface area (Å²) >= 11 is 0. The largest absolute Gasteiger partial charge is 0.437 e. The first-order chi connectivity index (χ1) is 16.1. The van der Waals surface area contributed by atoms with Crippen LogP contribution in [-0.2, 0) is 13.2 Å². The van der Waals surface area contributed by atoms with Gasteiger partial charge in [-0.1, -0.05) is 6.07 Å². The molecule has 0 spiro atoms. The Morgan fingerprint density at radius 3 is 2.76 bits per heavy atom. The van der Waals surface area contributed by atoms with Gasteiger partial charge >= 0.3 is 12.1 Å². The average molecular weight is 465 g/mol. The van der Waals surface area contributed by atoms with Crippen molar-refractivity contribution in [2.24, 2.45) is 13.0 Å². The number of benzene rings is 1. The quantitative estimate of drug-likeness (QED) is 0.359. The van der Waals surface area contributed by atoms with Crippen LogP contribution in [0.2, 0.25) is 0 Å². The van der Waals surface area contributed by atoms with Crippen molar-refractivity contribution in [1.82, 2.24) is 19.7 Å². The topological polar surface area (TPSA) is 89.7 Å². The summed E-state index contributed by atoms with van der Waals surface area (Å²) in [6.45, 7) is 0. The van der Waals surface area contributed by atoms with Gasteiger partial charge in [-0.05, 0) is 47.6 Å². The highest BCUT2D eigenvalue weighted by molar-refractivity contribution is 6.08. The van der Waals surface area contributed by atoms with Gasteiger partial charge < -0.3 is 5.73 Å². The summed E-state index contributed by atoms with van der Waals surface area (Å²) in [5.41, 5.74) is 8.56. The molecule has 4 aromatic rings. The highest BCUT2D eigenvalue weighted by Crippen LogP contribution is 2.62. The molecule has 3 aromatic heterocycles. The van der Waals surface area contributed by atoms with Crippen molar-refractivity contribution in [3.8, 4) is 0 Å². The van der Waals surface area contributed by atoms with Gasteiger partial charge in [0, 0.05) is 12.4 Å². The number of fused-ring (bicyclic) bond motifs is 6. The van der Waals surface area contributed by atoms with E-state index in [0.717, 1.165) is 29.1 Å². The van der Waals surface area contributed by atoms with Crippen molar-refractivity contribution in [3.63, 3.8) is 0 Å². The smallest absolute Gasteiger partial charge is 0.383 e. The van der Waals surface area contributed by atoms with E-state index in [0.29, 0.717) is 22.1 Å². The predicted octanol–water partition coefficient (Wildman–Crippen LogP) is 3.87. The van der Waals surface area contributed by atoms with E-state index in [9.17, 15) is 18.0 Å². The molecule has 34 heavy (non-hydrogen) atoms. The van der Waals surface area contributed by atoms with Crippen LogP contribution in [0.4, 0.5) is 19.0 Å². The van der Waals surface area contributed by atoms with Crippen LogP contribution in [0.5, 0.6) is 0 Å². The molecule has 0 radical (unpaired) electrons. The zero-order chi connectivity index (χ0) is 23.9. The third kappa shape index (κ3) is 3.01. The highest BCUT2D eigenvalue weighted by atomic mass is 19.4. The van der Waals surface area contributed by atoms with Gasteiger partial charge in [0.1, 0.15) is 12.9 Å². The minimum Gasteiger partial charge on any atom is -0.383 e. The van der Waals surface area contributed by atoms with Gasteiger partial charge in [0.25, 0.3) is 0 Å². The molecule has 6 rings (SSSR count). The molecule has 2 N–H and O–H groups in total. The molecule has 0 aliphatic heterocycles. The molecule has 172 valence electrons. The van der Waals surface area contributed by atoms with E-state index < -0.39 is 11.7 Å². The van der Waals surface area contributed by atoms with Crippen LogP contribution in [0.3, 0.4) is 0 Å². The van der Waals surface area contributed by atoms with E-state index >= 15 is 0 Å². The third-order valence-corrected chi connectivity index (χ3v) is 6.99. The monoisotopic (exact) mass is 465 g/mol. The van der Waals surface area contributed by atoms with Gasteiger partial charge in [-0.25, -0.2) is 14.8 Å². The standard InChI is InChI=1S/C24H19F3N6O/c1-32(10-18-12-4-3-11(24(25,26)27)5-13(12)14-6-15(14)18)23(34)19-7-16-20(9-29-19)31-22(28)17-8-30-33(2)21(16)17/h3-5,7-10,14-15,18H,6H2,1-2H3,(H-,28,30,31,34)/p+1. The minimum atomic E-state index is -4.37. The maximum atomic E-state index is 13.2. The number of nitrogen functional groups attached to an aromatic ring is 1. The van der Waals surface area contributed by atoms with Gasteiger partial charge in [0.2, 0.25) is 0 Å². The Hall–Kier alpha value is -3.82. The number of carbonyl (C=O) groups excluding carboxylic acids is 1. The number of aryl methyl sites for hydroxylation is 1. The number of amides is 1. The lowest BCUT2D eigenvalue weighted by molar-refractivity contribution is -0.391. The van der Waals surface area contributed by atoms with Crippen molar-refractivity contribution in [2.45, 2.75) is 24.4 Å². The molecule has 3 heterocycles.